The molecule has 3 rings (SSSR count). The second kappa shape index (κ2) is 9.51. The van der Waals surface area contributed by atoms with Crippen LogP contribution in [0.1, 0.15) is 60.3 Å². The topological polar surface area (TPSA) is 29.5 Å². The summed E-state index contributed by atoms with van der Waals surface area (Å²) in [6.07, 6.45) is -17.0. The molecular weight excluding hydrogens is 505 g/mol. The van der Waals surface area contributed by atoms with Crippen molar-refractivity contribution in [3.8, 4) is 0 Å². The number of cyclic esters (lactones) is 1. The number of benzene rings is 2. The second-order valence-electron chi connectivity index (χ2n) is 9.09. The lowest BCUT2D eigenvalue weighted by atomic mass is 9.94. The molecule has 0 aromatic heterocycles. The molecule has 3 nitrogen and oxygen atoms in total. The van der Waals surface area contributed by atoms with E-state index in [1.54, 1.807) is 0 Å². The van der Waals surface area contributed by atoms with E-state index >= 15 is 0 Å². The van der Waals surface area contributed by atoms with Crippen molar-refractivity contribution in [1.82, 2.24) is 4.90 Å². The van der Waals surface area contributed by atoms with Crippen LogP contribution >= 0.6 is 0 Å². The van der Waals surface area contributed by atoms with E-state index in [9.17, 15) is 44.3 Å². The van der Waals surface area contributed by atoms with Crippen molar-refractivity contribution >= 4 is 6.09 Å². The molecule has 0 spiro atoms. The van der Waals surface area contributed by atoms with Gasteiger partial charge >= 0.3 is 24.6 Å². The molecule has 2 aromatic rings. The van der Waals surface area contributed by atoms with Gasteiger partial charge in [-0.1, -0.05) is 19.9 Å². The summed E-state index contributed by atoms with van der Waals surface area (Å²) in [6, 6.07) is 2.94. The van der Waals surface area contributed by atoms with Crippen LogP contribution in [-0.2, 0) is 36.2 Å². The number of carbonyl (C=O) groups is 1. The van der Waals surface area contributed by atoms with Gasteiger partial charge in [0.05, 0.1) is 22.7 Å². The van der Waals surface area contributed by atoms with Gasteiger partial charge in [0.2, 0.25) is 0 Å². The van der Waals surface area contributed by atoms with Gasteiger partial charge in [0.25, 0.3) is 0 Å². The Morgan fingerprint density at radius 3 is 1.81 bits per heavy atom. The van der Waals surface area contributed by atoms with Crippen LogP contribution in [0.2, 0.25) is 0 Å². The molecule has 2 unspecified atom stereocenters. The number of ether oxygens (including phenoxy) is 1. The fourth-order valence-corrected chi connectivity index (χ4v) is 4.07. The van der Waals surface area contributed by atoms with Crippen LogP contribution in [0.25, 0.3) is 0 Å². The highest BCUT2D eigenvalue weighted by atomic mass is 19.4. The minimum absolute atomic E-state index is 0.0382. The Balaban J connectivity index is 1.99. The molecule has 1 fully saturated rings. The lowest BCUT2D eigenvalue weighted by Gasteiger charge is -2.24. The zero-order valence-electron chi connectivity index (χ0n) is 19.3. The maximum absolute atomic E-state index is 13.3. The van der Waals surface area contributed by atoms with E-state index < -0.39 is 59.0 Å². The minimum atomic E-state index is -5.09. The quantitative estimate of drug-likeness (QED) is 0.369. The van der Waals surface area contributed by atoms with Gasteiger partial charge < -0.3 is 4.74 Å². The first-order valence-corrected chi connectivity index (χ1v) is 10.8. The van der Waals surface area contributed by atoms with Crippen molar-refractivity contribution in [1.29, 1.82) is 0 Å². The third-order valence-corrected chi connectivity index (χ3v) is 5.83. The maximum atomic E-state index is 13.3. The first kappa shape index (κ1) is 27.7. The van der Waals surface area contributed by atoms with Crippen LogP contribution in [0.4, 0.5) is 44.3 Å². The van der Waals surface area contributed by atoms with Crippen LogP contribution in [0, 0.1) is 5.92 Å². The van der Waals surface area contributed by atoms with Gasteiger partial charge in [0, 0.05) is 6.54 Å². The molecule has 36 heavy (non-hydrogen) atoms. The van der Waals surface area contributed by atoms with Crippen LogP contribution in [0.15, 0.2) is 36.4 Å². The molecule has 1 aliphatic rings. The van der Waals surface area contributed by atoms with Crippen molar-refractivity contribution in [2.45, 2.75) is 64.4 Å². The Kier molecular flexibility index (Phi) is 7.31. The number of hydrogen-bond donors (Lipinski definition) is 0. The summed E-state index contributed by atoms with van der Waals surface area (Å²) in [4.78, 5) is 13.6. The Morgan fingerprint density at radius 2 is 1.33 bits per heavy atom. The molecule has 2 atom stereocenters. The smallest absolute Gasteiger partial charge is 0.416 e. The molecule has 1 aliphatic heterocycles. The number of nitrogens with zero attached hydrogens (tertiary/aromatic N) is 1. The third-order valence-electron chi connectivity index (χ3n) is 5.83. The van der Waals surface area contributed by atoms with E-state index in [1.165, 1.54) is 13.0 Å². The predicted octanol–water partition coefficient (Wildman–Crippen LogP) is 8.02. The fraction of sp³-hybridized carbons (Fsp3) is 0.458. The zero-order chi connectivity index (χ0) is 27.2. The van der Waals surface area contributed by atoms with E-state index in [-0.39, 0.29) is 24.1 Å². The highest BCUT2D eigenvalue weighted by Gasteiger charge is 2.43. The van der Waals surface area contributed by atoms with Crippen LogP contribution in [0.3, 0.4) is 0 Å². The highest BCUT2D eigenvalue weighted by Crippen LogP contribution is 2.41. The van der Waals surface area contributed by atoms with E-state index in [0.29, 0.717) is 24.1 Å². The molecular formula is C24H22F9NO2. The average molecular weight is 527 g/mol. The van der Waals surface area contributed by atoms with Gasteiger partial charge in [0.1, 0.15) is 6.10 Å². The monoisotopic (exact) mass is 527 g/mol. The summed E-state index contributed by atoms with van der Waals surface area (Å²) in [5, 5.41) is 0. The van der Waals surface area contributed by atoms with Gasteiger partial charge in [-0.15, -0.1) is 0 Å². The number of carbonyl (C=O) groups excluding carboxylic acids is 1. The minimum Gasteiger partial charge on any atom is -0.439 e. The fourth-order valence-electron chi connectivity index (χ4n) is 4.07. The molecule has 2 aromatic carbocycles. The van der Waals surface area contributed by atoms with Gasteiger partial charge in [-0.25, -0.2) is 4.79 Å². The molecule has 0 N–H and O–H groups in total. The van der Waals surface area contributed by atoms with Crippen molar-refractivity contribution < 1.29 is 49.0 Å². The molecule has 0 aliphatic carbocycles. The molecule has 1 saturated heterocycles. The summed E-state index contributed by atoms with van der Waals surface area (Å²) in [5.41, 5.74) is -3.92. The first-order valence-electron chi connectivity index (χ1n) is 10.8. The molecule has 0 radical (unpaired) electrons. The van der Waals surface area contributed by atoms with Crippen molar-refractivity contribution in [3.63, 3.8) is 0 Å². The molecule has 198 valence electrons. The summed E-state index contributed by atoms with van der Waals surface area (Å²) in [6.45, 7) is 4.67. The average Bonchev–Trinajstić information content (AvgIpc) is 3.00. The highest BCUT2D eigenvalue weighted by molar-refractivity contribution is 5.71. The standard InChI is InChI=1S/C24H22F9NO2/c1-12(2)6-14-4-5-17(22(25,26)27)9-16(14)11-34-13(3)20(36-21(34)35)15-7-18(23(28,29)30)10-19(8-15)24(31,32)33/h4-5,7-10,12-13,20H,6,11H2,1-3H3. The van der Waals surface area contributed by atoms with E-state index in [0.717, 1.165) is 17.0 Å². The Hall–Kier alpha value is -2.92. The summed E-state index contributed by atoms with van der Waals surface area (Å²) < 4.78 is 125. The Morgan fingerprint density at radius 1 is 0.806 bits per heavy atom. The van der Waals surface area contributed by atoms with Gasteiger partial charge in [-0.05, 0) is 66.3 Å². The number of rotatable bonds is 5. The number of amides is 1. The maximum Gasteiger partial charge on any atom is 0.416 e. The number of hydrogen-bond acceptors (Lipinski definition) is 2. The van der Waals surface area contributed by atoms with Crippen molar-refractivity contribution in [3.05, 3.63) is 69.8 Å². The van der Waals surface area contributed by atoms with Crippen molar-refractivity contribution in [2.24, 2.45) is 5.92 Å². The van der Waals surface area contributed by atoms with Crippen LogP contribution in [-0.4, -0.2) is 17.0 Å². The van der Waals surface area contributed by atoms with Crippen LogP contribution in [0.5, 0.6) is 0 Å². The molecule has 0 saturated carbocycles. The Bertz CT molecular complexity index is 1090. The SMILES string of the molecule is CC(C)Cc1ccc(C(F)(F)F)cc1CN1C(=O)OC(c2cc(C(F)(F)F)cc(C(F)(F)F)c2)C1C. The summed E-state index contributed by atoms with van der Waals surface area (Å²) in [5.74, 6) is 0.0575. The summed E-state index contributed by atoms with van der Waals surface area (Å²) in [7, 11) is 0. The van der Waals surface area contributed by atoms with E-state index in [1.807, 2.05) is 13.8 Å². The Labute approximate surface area is 200 Å². The van der Waals surface area contributed by atoms with Gasteiger partial charge in [-0.2, -0.15) is 39.5 Å². The first-order chi connectivity index (χ1) is 16.4. The number of halogens is 9. The lowest BCUT2D eigenvalue weighted by molar-refractivity contribution is -0.143. The molecule has 1 heterocycles. The second-order valence-corrected chi connectivity index (χ2v) is 9.09. The van der Waals surface area contributed by atoms with E-state index in [4.69, 9.17) is 4.74 Å². The van der Waals surface area contributed by atoms with Gasteiger partial charge in [0.15, 0.2) is 0 Å². The lowest BCUT2D eigenvalue weighted by Crippen LogP contribution is -2.32. The third kappa shape index (κ3) is 6.07. The normalized spacial score (nSPS) is 19.2. The van der Waals surface area contributed by atoms with Crippen molar-refractivity contribution in [2.75, 3.05) is 0 Å². The van der Waals surface area contributed by atoms with E-state index in [2.05, 4.69) is 0 Å². The zero-order valence-corrected chi connectivity index (χ0v) is 19.3. The predicted molar refractivity (Wildman–Crippen MR) is 111 cm³/mol. The van der Waals surface area contributed by atoms with Crippen LogP contribution < -0.4 is 0 Å². The molecule has 1 amide bonds. The van der Waals surface area contributed by atoms with Gasteiger partial charge in [-0.3, -0.25) is 4.90 Å². The molecule has 12 heteroatoms. The molecule has 0 bridgehead atoms. The largest absolute Gasteiger partial charge is 0.439 e. The number of alkyl halides is 9. The summed E-state index contributed by atoms with van der Waals surface area (Å²) >= 11 is 0.